The van der Waals surface area contributed by atoms with Crippen LogP contribution in [-0.4, -0.2) is 72.0 Å². The predicted octanol–water partition coefficient (Wildman–Crippen LogP) is 4.32. The first-order valence-corrected chi connectivity index (χ1v) is 11.6. The molecule has 0 aromatic heterocycles. The van der Waals surface area contributed by atoms with E-state index in [2.05, 4.69) is 13.8 Å². The van der Waals surface area contributed by atoms with Crippen LogP contribution in [0.25, 0.3) is 0 Å². The largest absolute Gasteiger partial charge is 0.633 e. The minimum atomic E-state index is -0.503. The number of quaternary nitrogens is 2. The summed E-state index contributed by atoms with van der Waals surface area (Å²) in [7, 11) is 3.29. The second kappa shape index (κ2) is 15.6. The van der Waals surface area contributed by atoms with Crippen LogP contribution in [0.1, 0.15) is 90.9 Å². The highest BCUT2D eigenvalue weighted by molar-refractivity contribution is 4.58. The molecule has 0 saturated heterocycles. The Morgan fingerprint density at radius 3 is 1.29 bits per heavy atom. The fraction of sp³-hybridized carbons (Fsp3) is 1.00. The lowest BCUT2D eigenvalue weighted by Gasteiger charge is -2.41. The Kier molecular flexibility index (Phi) is 15.4. The van der Waals surface area contributed by atoms with Crippen LogP contribution in [-0.2, 0) is 0 Å². The number of rotatable bonds is 19. The number of aliphatic hydroxyl groups is 2. The van der Waals surface area contributed by atoms with Crippen LogP contribution in [0.4, 0.5) is 0 Å². The third-order valence-corrected chi connectivity index (χ3v) is 5.49. The highest BCUT2D eigenvalue weighted by Gasteiger charge is 2.18. The van der Waals surface area contributed by atoms with Gasteiger partial charge in [-0.15, -0.1) is 0 Å². The topological polar surface area (TPSA) is 86.6 Å². The smallest absolute Gasteiger partial charge is 0.104 e. The van der Waals surface area contributed by atoms with Gasteiger partial charge in [-0.25, -0.2) is 0 Å². The zero-order chi connectivity index (χ0) is 21.5. The molecule has 0 aliphatic heterocycles. The number of nitrogens with zero attached hydrogens (tertiary/aromatic N) is 2. The van der Waals surface area contributed by atoms with Crippen molar-refractivity contribution in [3.05, 3.63) is 10.4 Å². The van der Waals surface area contributed by atoms with E-state index in [4.69, 9.17) is 0 Å². The molecule has 0 aromatic rings. The average Bonchev–Trinajstić information content (AvgIpc) is 2.57. The number of aliphatic hydroxyl groups excluding tert-OH is 2. The maximum Gasteiger partial charge on any atom is 0.104 e. The molecule has 0 radical (unpaired) electrons. The molecule has 6 heteroatoms. The normalized spacial score (nSPS) is 18.4. The Bertz CT molecular complexity index is 330. The molecule has 0 aromatic carbocycles. The lowest BCUT2D eigenvalue weighted by Crippen LogP contribution is -2.44. The van der Waals surface area contributed by atoms with Gasteiger partial charge in [-0.3, -0.25) is 0 Å². The van der Waals surface area contributed by atoms with Crippen LogP contribution in [0.3, 0.4) is 0 Å². The summed E-state index contributed by atoms with van der Waals surface area (Å²) in [6.07, 6.45) is 10.4. The van der Waals surface area contributed by atoms with Crippen LogP contribution in [0, 0.1) is 10.4 Å². The van der Waals surface area contributed by atoms with Crippen molar-refractivity contribution in [3.63, 3.8) is 0 Å². The van der Waals surface area contributed by atoms with Gasteiger partial charge in [-0.2, -0.15) is 0 Å². The van der Waals surface area contributed by atoms with Gasteiger partial charge >= 0.3 is 0 Å². The summed E-state index contributed by atoms with van der Waals surface area (Å²) in [4.78, 5) is 0. The molecule has 0 fully saturated rings. The first-order valence-electron chi connectivity index (χ1n) is 11.6. The van der Waals surface area contributed by atoms with Crippen molar-refractivity contribution in [1.82, 2.24) is 0 Å². The Hall–Kier alpha value is -0.240. The SMILES string of the molecule is CCCCCC(O)C[N+](C)([O-])CCCCCC[N+](C)([O-])CC(O)CCCCC. The van der Waals surface area contributed by atoms with E-state index in [1.165, 1.54) is 0 Å². The van der Waals surface area contributed by atoms with E-state index in [0.717, 1.165) is 64.2 Å². The molecule has 0 heterocycles. The highest BCUT2D eigenvalue weighted by atomic mass is 16.5. The summed E-state index contributed by atoms with van der Waals surface area (Å²) in [5, 5.41) is 44.9. The molecule has 2 N–H and O–H groups in total. The van der Waals surface area contributed by atoms with E-state index in [1.54, 1.807) is 14.1 Å². The second-order valence-corrected chi connectivity index (χ2v) is 9.12. The van der Waals surface area contributed by atoms with Gasteiger partial charge in [0.2, 0.25) is 0 Å². The average molecular weight is 405 g/mol. The number of likely N-dealkylation sites (N-methyl/N-ethyl adjacent to an activating group) is 2. The van der Waals surface area contributed by atoms with Crippen LogP contribution in [0.15, 0.2) is 0 Å². The molecule has 6 nitrogen and oxygen atoms in total. The van der Waals surface area contributed by atoms with E-state index in [-0.39, 0.29) is 22.4 Å². The van der Waals surface area contributed by atoms with Crippen LogP contribution >= 0.6 is 0 Å². The van der Waals surface area contributed by atoms with Crippen molar-refractivity contribution in [2.24, 2.45) is 0 Å². The first-order chi connectivity index (χ1) is 13.1. The van der Waals surface area contributed by atoms with Gasteiger partial charge in [0.25, 0.3) is 0 Å². The number of hydrogen-bond donors (Lipinski definition) is 2. The molecule has 4 atom stereocenters. The summed E-state index contributed by atoms with van der Waals surface area (Å²) in [5.74, 6) is 0. The molecular formula is C22H48N2O4. The van der Waals surface area contributed by atoms with Crippen molar-refractivity contribution < 1.29 is 19.5 Å². The molecule has 4 unspecified atom stereocenters. The van der Waals surface area contributed by atoms with Crippen molar-refractivity contribution in [2.75, 3.05) is 40.3 Å². The van der Waals surface area contributed by atoms with Crippen LogP contribution < -0.4 is 0 Å². The predicted molar refractivity (Wildman–Crippen MR) is 117 cm³/mol. The lowest BCUT2D eigenvalue weighted by atomic mass is 10.1. The minimum Gasteiger partial charge on any atom is -0.633 e. The van der Waals surface area contributed by atoms with Crippen LogP contribution in [0.2, 0.25) is 0 Å². The summed E-state index contributed by atoms with van der Waals surface area (Å²) >= 11 is 0. The quantitative estimate of drug-likeness (QED) is 0.191. The van der Waals surface area contributed by atoms with Gasteiger partial charge in [-0.1, -0.05) is 52.4 Å². The Labute approximate surface area is 173 Å². The molecular weight excluding hydrogens is 356 g/mol. The van der Waals surface area contributed by atoms with Gasteiger partial charge in [-0.05, 0) is 38.5 Å². The number of unbranched alkanes of at least 4 members (excludes halogenated alkanes) is 7. The molecule has 28 heavy (non-hydrogen) atoms. The maximum absolute atomic E-state index is 12.5. The zero-order valence-corrected chi connectivity index (χ0v) is 19.1. The maximum atomic E-state index is 12.5. The van der Waals surface area contributed by atoms with E-state index in [0.29, 0.717) is 25.9 Å². The van der Waals surface area contributed by atoms with Crippen molar-refractivity contribution in [2.45, 2.75) is 103 Å². The van der Waals surface area contributed by atoms with Gasteiger partial charge < -0.3 is 29.9 Å². The zero-order valence-electron chi connectivity index (χ0n) is 19.1. The Morgan fingerprint density at radius 1 is 0.607 bits per heavy atom. The van der Waals surface area contributed by atoms with Crippen molar-refractivity contribution >= 4 is 0 Å². The van der Waals surface area contributed by atoms with E-state index < -0.39 is 12.2 Å². The summed E-state index contributed by atoms with van der Waals surface area (Å²) in [6.45, 7) is 5.84. The molecule has 0 bridgehead atoms. The summed E-state index contributed by atoms with van der Waals surface area (Å²) in [5.41, 5.74) is 0. The van der Waals surface area contributed by atoms with Gasteiger partial charge in [0.15, 0.2) is 0 Å². The molecule has 0 aliphatic carbocycles. The van der Waals surface area contributed by atoms with E-state index in [9.17, 15) is 20.6 Å². The van der Waals surface area contributed by atoms with Crippen LogP contribution in [0.5, 0.6) is 0 Å². The molecule has 170 valence electrons. The first kappa shape index (κ1) is 27.8. The molecule has 0 rings (SSSR count). The standard InChI is InChI=1S/C22H48N2O4/c1-5-7-11-15-21(25)19-23(3,27)17-13-9-10-14-18-24(4,28)20-22(26)16-12-8-6-2/h21-22,25-26H,5-20H2,1-4H3. The lowest BCUT2D eigenvalue weighted by molar-refractivity contribution is -0.865. The fourth-order valence-corrected chi connectivity index (χ4v) is 3.76. The van der Waals surface area contributed by atoms with Gasteiger partial charge in [0.1, 0.15) is 25.3 Å². The third kappa shape index (κ3) is 16.7. The molecule has 0 amide bonds. The number of hydroxylamine groups is 6. The van der Waals surface area contributed by atoms with Crippen molar-refractivity contribution in [3.8, 4) is 0 Å². The number of hydrogen-bond acceptors (Lipinski definition) is 4. The summed E-state index contributed by atoms with van der Waals surface area (Å²) < 4.78 is -0.765. The fourth-order valence-electron chi connectivity index (χ4n) is 3.76. The van der Waals surface area contributed by atoms with Gasteiger partial charge in [0.05, 0.1) is 27.2 Å². The molecule has 0 aliphatic rings. The summed E-state index contributed by atoms with van der Waals surface area (Å²) in [6, 6.07) is 0. The Morgan fingerprint density at radius 2 is 0.964 bits per heavy atom. The molecule has 0 spiro atoms. The molecule has 0 saturated carbocycles. The Balaban J connectivity index is 3.84. The van der Waals surface area contributed by atoms with E-state index >= 15 is 0 Å². The second-order valence-electron chi connectivity index (χ2n) is 9.12. The monoisotopic (exact) mass is 404 g/mol. The minimum absolute atomic E-state index is 0.273. The van der Waals surface area contributed by atoms with E-state index in [1.807, 2.05) is 0 Å². The van der Waals surface area contributed by atoms with Gasteiger partial charge in [0, 0.05) is 0 Å². The third-order valence-electron chi connectivity index (χ3n) is 5.49. The highest BCUT2D eigenvalue weighted by Crippen LogP contribution is 2.14. The van der Waals surface area contributed by atoms with Crippen molar-refractivity contribution in [1.29, 1.82) is 0 Å².